The third kappa shape index (κ3) is 7.35. The van der Waals surface area contributed by atoms with Gasteiger partial charge in [0.2, 0.25) is 0 Å². The van der Waals surface area contributed by atoms with Crippen molar-refractivity contribution in [2.45, 2.75) is 37.7 Å². The Balaban J connectivity index is 1.81. The van der Waals surface area contributed by atoms with Crippen molar-refractivity contribution in [1.82, 2.24) is 0 Å². The molecule has 0 saturated heterocycles. The minimum atomic E-state index is -0.912. The summed E-state index contributed by atoms with van der Waals surface area (Å²) in [4.78, 5) is 23.6. The number of carboxylic acids is 1. The van der Waals surface area contributed by atoms with Crippen LogP contribution in [0.4, 0.5) is 0 Å². The summed E-state index contributed by atoms with van der Waals surface area (Å²) >= 11 is 1.52. The Morgan fingerprint density at radius 3 is 2.33 bits per heavy atom. The van der Waals surface area contributed by atoms with Gasteiger partial charge in [-0.2, -0.15) is 0 Å². The van der Waals surface area contributed by atoms with Crippen LogP contribution in [0.3, 0.4) is 0 Å². The number of aryl methyl sites for hydroxylation is 1. The number of hydrogen-bond acceptors (Lipinski definition) is 5. The number of benzene rings is 2. The molecule has 0 heterocycles. The van der Waals surface area contributed by atoms with Gasteiger partial charge in [-0.25, -0.2) is 9.59 Å². The van der Waals surface area contributed by atoms with Gasteiger partial charge < -0.3 is 14.6 Å². The third-order valence-electron chi connectivity index (χ3n) is 3.47. The highest BCUT2D eigenvalue weighted by atomic mass is 32.2. The lowest BCUT2D eigenvalue weighted by atomic mass is 10.2. The van der Waals surface area contributed by atoms with Crippen molar-refractivity contribution < 1.29 is 24.2 Å². The average Bonchev–Trinajstić information content (AvgIpc) is 2.60. The molecule has 0 spiro atoms. The van der Waals surface area contributed by atoms with Gasteiger partial charge in [0.1, 0.15) is 11.4 Å². The largest absolute Gasteiger partial charge is 0.482 e. The van der Waals surface area contributed by atoms with Crippen molar-refractivity contribution in [3.05, 3.63) is 59.7 Å². The summed E-state index contributed by atoms with van der Waals surface area (Å²) in [5.41, 5.74) is 0.912. The summed E-state index contributed by atoms with van der Waals surface area (Å²) in [6, 6.07) is 14.5. The van der Waals surface area contributed by atoms with E-state index in [2.05, 4.69) is 0 Å². The molecule has 2 aromatic carbocycles. The van der Waals surface area contributed by atoms with Crippen molar-refractivity contribution in [3.63, 3.8) is 0 Å². The molecule has 0 aromatic heterocycles. The van der Waals surface area contributed by atoms with Crippen LogP contribution in [0.1, 0.15) is 36.7 Å². The molecule has 1 N–H and O–H groups in total. The molecule has 5 nitrogen and oxygen atoms in total. The molecule has 27 heavy (non-hydrogen) atoms. The van der Waals surface area contributed by atoms with Crippen LogP contribution in [-0.4, -0.2) is 35.0 Å². The van der Waals surface area contributed by atoms with Crippen molar-refractivity contribution in [3.8, 4) is 5.75 Å². The Kier molecular flexibility index (Phi) is 7.30. The van der Waals surface area contributed by atoms with Crippen molar-refractivity contribution in [2.24, 2.45) is 0 Å². The number of rotatable bonds is 8. The van der Waals surface area contributed by atoms with Crippen LogP contribution in [0.2, 0.25) is 0 Å². The number of hydrogen-bond donors (Lipinski definition) is 1. The summed E-state index contributed by atoms with van der Waals surface area (Å²) in [5.74, 6) is 0.0562. The smallest absolute Gasteiger partial charge is 0.344 e. The van der Waals surface area contributed by atoms with Gasteiger partial charge in [0.25, 0.3) is 0 Å². The van der Waals surface area contributed by atoms with E-state index in [-0.39, 0.29) is 6.61 Å². The second kappa shape index (κ2) is 9.46. The van der Waals surface area contributed by atoms with Gasteiger partial charge in [-0.3, -0.25) is 0 Å². The van der Waals surface area contributed by atoms with Crippen molar-refractivity contribution in [1.29, 1.82) is 0 Å². The average molecular weight is 388 g/mol. The van der Waals surface area contributed by atoms with E-state index >= 15 is 0 Å². The van der Waals surface area contributed by atoms with Gasteiger partial charge >= 0.3 is 11.9 Å². The molecule has 0 aliphatic heterocycles. The van der Waals surface area contributed by atoms with Gasteiger partial charge in [0.05, 0.1) is 5.56 Å². The summed E-state index contributed by atoms with van der Waals surface area (Å²) in [5, 5.41) is 9.20. The van der Waals surface area contributed by atoms with Gasteiger partial charge in [0.15, 0.2) is 6.61 Å². The van der Waals surface area contributed by atoms with E-state index in [1.165, 1.54) is 11.8 Å². The SMILES string of the molecule is CC(C)(C)OC(=O)COc1ccc(CCSc2ccccc2C(=O)O)cc1. The van der Waals surface area contributed by atoms with Crippen LogP contribution in [0.15, 0.2) is 53.4 Å². The first-order chi connectivity index (χ1) is 12.7. The van der Waals surface area contributed by atoms with Crippen LogP contribution < -0.4 is 4.74 Å². The maximum Gasteiger partial charge on any atom is 0.344 e. The van der Waals surface area contributed by atoms with Crippen LogP contribution in [-0.2, 0) is 16.0 Å². The third-order valence-corrected chi connectivity index (χ3v) is 4.54. The fraction of sp³-hybridized carbons (Fsp3) is 0.333. The molecule has 2 rings (SSSR count). The standard InChI is InChI=1S/C21H24O5S/c1-21(2,3)26-19(22)14-25-16-10-8-15(9-11-16)12-13-27-18-7-5-4-6-17(18)20(23)24/h4-11H,12-14H2,1-3H3,(H,23,24). The van der Waals surface area contributed by atoms with E-state index in [0.717, 1.165) is 22.6 Å². The monoisotopic (exact) mass is 388 g/mol. The van der Waals surface area contributed by atoms with Gasteiger partial charge in [-0.15, -0.1) is 11.8 Å². The molecule has 0 unspecified atom stereocenters. The van der Waals surface area contributed by atoms with Crippen LogP contribution in [0.5, 0.6) is 5.75 Å². The fourth-order valence-electron chi connectivity index (χ4n) is 2.31. The molecule has 0 atom stereocenters. The van der Waals surface area contributed by atoms with Crippen molar-refractivity contribution >= 4 is 23.7 Å². The molecule has 144 valence electrons. The maximum absolute atomic E-state index is 11.7. The van der Waals surface area contributed by atoms with Crippen LogP contribution >= 0.6 is 11.8 Å². The first-order valence-corrected chi connectivity index (χ1v) is 9.62. The second-order valence-corrected chi connectivity index (χ2v) is 8.06. The topological polar surface area (TPSA) is 72.8 Å². The number of carbonyl (C=O) groups is 2. The number of thioether (sulfide) groups is 1. The van der Waals surface area contributed by atoms with Gasteiger partial charge in [-0.05, 0) is 57.0 Å². The quantitative estimate of drug-likeness (QED) is 0.532. The fourth-order valence-corrected chi connectivity index (χ4v) is 3.36. The first-order valence-electron chi connectivity index (χ1n) is 8.63. The normalized spacial score (nSPS) is 11.1. The molecular formula is C21H24O5S. The lowest BCUT2D eigenvalue weighted by Gasteiger charge is -2.19. The highest BCUT2D eigenvalue weighted by Gasteiger charge is 2.16. The molecule has 0 bridgehead atoms. The van der Waals surface area contributed by atoms with E-state index in [4.69, 9.17) is 9.47 Å². The first kappa shape index (κ1) is 20.8. The molecular weight excluding hydrogens is 364 g/mol. The minimum absolute atomic E-state index is 0.127. The number of carbonyl (C=O) groups excluding carboxylic acids is 1. The zero-order valence-corrected chi connectivity index (χ0v) is 16.5. The Hall–Kier alpha value is -2.47. The predicted octanol–water partition coefficient (Wildman–Crippen LogP) is 4.44. The summed E-state index contributed by atoms with van der Waals surface area (Å²) in [6.45, 7) is 5.31. The summed E-state index contributed by atoms with van der Waals surface area (Å²) in [7, 11) is 0. The van der Waals surface area contributed by atoms with E-state index in [1.807, 2.05) is 57.2 Å². The molecule has 0 aliphatic carbocycles. The molecule has 0 fully saturated rings. The van der Waals surface area contributed by atoms with Crippen LogP contribution in [0, 0.1) is 0 Å². The zero-order chi connectivity index (χ0) is 19.9. The van der Waals surface area contributed by atoms with Crippen molar-refractivity contribution in [2.75, 3.05) is 12.4 Å². The molecule has 0 amide bonds. The number of carboxylic acid groups (broad SMARTS) is 1. The predicted molar refractivity (Wildman–Crippen MR) is 106 cm³/mol. The lowest BCUT2D eigenvalue weighted by Crippen LogP contribution is -2.27. The van der Waals surface area contributed by atoms with E-state index in [0.29, 0.717) is 11.3 Å². The Bertz CT molecular complexity index is 778. The number of esters is 1. The second-order valence-electron chi connectivity index (χ2n) is 6.92. The van der Waals surface area contributed by atoms with E-state index in [9.17, 15) is 14.7 Å². The molecule has 0 radical (unpaired) electrons. The van der Waals surface area contributed by atoms with E-state index in [1.54, 1.807) is 12.1 Å². The Morgan fingerprint density at radius 1 is 1.04 bits per heavy atom. The maximum atomic E-state index is 11.7. The number of ether oxygens (including phenoxy) is 2. The summed E-state index contributed by atoms with van der Waals surface area (Å²) in [6.07, 6.45) is 0.797. The molecule has 0 aliphatic rings. The Morgan fingerprint density at radius 2 is 1.70 bits per heavy atom. The number of aromatic carboxylic acids is 1. The zero-order valence-electron chi connectivity index (χ0n) is 15.7. The van der Waals surface area contributed by atoms with Gasteiger partial charge in [-0.1, -0.05) is 24.3 Å². The Labute approximate surface area is 163 Å². The lowest BCUT2D eigenvalue weighted by molar-refractivity contribution is -0.157. The van der Waals surface area contributed by atoms with Gasteiger partial charge in [0, 0.05) is 10.6 Å². The molecule has 0 saturated carbocycles. The molecule has 2 aromatic rings. The molecule has 6 heteroatoms. The van der Waals surface area contributed by atoms with Crippen LogP contribution in [0.25, 0.3) is 0 Å². The minimum Gasteiger partial charge on any atom is -0.482 e. The highest BCUT2D eigenvalue weighted by molar-refractivity contribution is 7.99. The summed E-state index contributed by atoms with van der Waals surface area (Å²) < 4.78 is 10.6. The van der Waals surface area contributed by atoms with E-state index < -0.39 is 17.5 Å². The highest BCUT2D eigenvalue weighted by Crippen LogP contribution is 2.24.